The molecule has 0 aromatic heterocycles. The zero-order chi connectivity index (χ0) is 18.2. The molecule has 0 aliphatic rings. The maximum Gasteiger partial charge on any atom is 0.278 e. The van der Waals surface area contributed by atoms with E-state index < -0.39 is 0 Å². The van der Waals surface area contributed by atoms with Crippen molar-refractivity contribution in [3.63, 3.8) is 0 Å². The third-order valence-corrected chi connectivity index (χ3v) is 4.40. The standard InChI is InChI=1S/C20H26N2O3/c1-15(22(2)14-17-7-11-19(25-4)12-8-17)20(23)21-13-16-5-9-18(24-3)10-6-16/h5-12,15H,13-14H2,1-4H3,(H,21,23)/p+1/t15-/m1/s1. The van der Waals surface area contributed by atoms with Gasteiger partial charge in [0.25, 0.3) is 5.91 Å². The fraction of sp³-hybridized carbons (Fsp3) is 0.350. The van der Waals surface area contributed by atoms with Gasteiger partial charge in [0, 0.05) is 12.1 Å². The van der Waals surface area contributed by atoms with Gasteiger partial charge in [0.05, 0.1) is 21.3 Å². The van der Waals surface area contributed by atoms with Crippen LogP contribution < -0.4 is 19.7 Å². The maximum atomic E-state index is 12.4. The molecule has 1 amide bonds. The minimum atomic E-state index is -0.139. The van der Waals surface area contributed by atoms with E-state index in [2.05, 4.69) is 5.32 Å². The molecule has 0 saturated carbocycles. The van der Waals surface area contributed by atoms with Crippen molar-refractivity contribution in [2.45, 2.75) is 26.1 Å². The first-order chi connectivity index (χ1) is 12.0. The first-order valence-electron chi connectivity index (χ1n) is 8.39. The summed E-state index contributed by atoms with van der Waals surface area (Å²) in [5.74, 6) is 1.70. The van der Waals surface area contributed by atoms with E-state index in [1.54, 1.807) is 14.2 Å². The molecule has 2 aromatic rings. The van der Waals surface area contributed by atoms with Gasteiger partial charge >= 0.3 is 0 Å². The number of hydrogen-bond acceptors (Lipinski definition) is 3. The molecule has 0 aliphatic carbocycles. The summed E-state index contributed by atoms with van der Waals surface area (Å²) in [6.07, 6.45) is 0. The molecular formula is C20H27N2O3+. The number of carbonyl (C=O) groups is 1. The second-order valence-electron chi connectivity index (χ2n) is 6.16. The Morgan fingerprint density at radius 3 is 1.92 bits per heavy atom. The van der Waals surface area contributed by atoms with Crippen LogP contribution in [0.25, 0.3) is 0 Å². The number of carbonyl (C=O) groups excluding carboxylic acids is 1. The lowest BCUT2D eigenvalue weighted by Crippen LogP contribution is -3.12. The summed E-state index contributed by atoms with van der Waals surface area (Å²) in [4.78, 5) is 13.5. The Hall–Kier alpha value is -2.53. The van der Waals surface area contributed by atoms with Crippen molar-refractivity contribution in [3.05, 3.63) is 59.7 Å². The lowest BCUT2D eigenvalue weighted by molar-refractivity contribution is -0.908. The fourth-order valence-electron chi connectivity index (χ4n) is 2.53. The Morgan fingerprint density at radius 2 is 1.44 bits per heavy atom. The van der Waals surface area contributed by atoms with Crippen molar-refractivity contribution in [2.24, 2.45) is 0 Å². The summed E-state index contributed by atoms with van der Waals surface area (Å²) in [6.45, 7) is 3.24. The van der Waals surface area contributed by atoms with Crippen molar-refractivity contribution in [2.75, 3.05) is 21.3 Å². The molecule has 0 fully saturated rings. The number of benzene rings is 2. The molecule has 2 N–H and O–H groups in total. The second kappa shape index (κ2) is 9.08. The Balaban J connectivity index is 1.84. The van der Waals surface area contributed by atoms with Crippen molar-refractivity contribution < 1.29 is 19.2 Å². The monoisotopic (exact) mass is 343 g/mol. The highest BCUT2D eigenvalue weighted by Crippen LogP contribution is 2.11. The normalized spacial score (nSPS) is 13.0. The highest BCUT2D eigenvalue weighted by Gasteiger charge is 2.21. The predicted octanol–water partition coefficient (Wildman–Crippen LogP) is 1.42. The van der Waals surface area contributed by atoms with Gasteiger partial charge in [-0.3, -0.25) is 4.79 Å². The van der Waals surface area contributed by atoms with Crippen LogP contribution in [0.5, 0.6) is 11.5 Å². The topological polar surface area (TPSA) is 52.0 Å². The van der Waals surface area contributed by atoms with Gasteiger partial charge < -0.3 is 19.7 Å². The maximum absolute atomic E-state index is 12.4. The number of methoxy groups -OCH3 is 2. The molecule has 2 atom stereocenters. The van der Waals surface area contributed by atoms with Gasteiger partial charge in [0.2, 0.25) is 0 Å². The number of hydrogen-bond donors (Lipinski definition) is 2. The Morgan fingerprint density at radius 1 is 0.960 bits per heavy atom. The van der Waals surface area contributed by atoms with E-state index >= 15 is 0 Å². The Kier molecular flexibility index (Phi) is 6.83. The quantitative estimate of drug-likeness (QED) is 0.762. The lowest BCUT2D eigenvalue weighted by atomic mass is 10.1. The summed E-state index contributed by atoms with van der Waals surface area (Å²) < 4.78 is 10.3. The number of likely N-dealkylation sites (N-methyl/N-ethyl adjacent to an activating group) is 1. The minimum Gasteiger partial charge on any atom is -0.497 e. The summed E-state index contributed by atoms with van der Waals surface area (Å²) in [5.41, 5.74) is 2.22. The first-order valence-corrected chi connectivity index (χ1v) is 8.39. The first kappa shape index (κ1) is 18.8. The van der Waals surface area contributed by atoms with Crippen molar-refractivity contribution >= 4 is 5.91 Å². The largest absolute Gasteiger partial charge is 0.497 e. The minimum absolute atomic E-state index is 0.0434. The van der Waals surface area contributed by atoms with Gasteiger partial charge in [-0.2, -0.15) is 0 Å². The molecule has 0 heterocycles. The van der Waals surface area contributed by atoms with E-state index in [1.807, 2.05) is 62.5 Å². The number of rotatable bonds is 8. The van der Waals surface area contributed by atoms with Gasteiger partial charge in [0.1, 0.15) is 18.0 Å². The third-order valence-electron chi connectivity index (χ3n) is 4.40. The Bertz CT molecular complexity index is 668. The van der Waals surface area contributed by atoms with Crippen LogP contribution >= 0.6 is 0 Å². The highest BCUT2D eigenvalue weighted by molar-refractivity contribution is 5.79. The molecule has 5 nitrogen and oxygen atoms in total. The summed E-state index contributed by atoms with van der Waals surface area (Å²) >= 11 is 0. The van der Waals surface area contributed by atoms with E-state index in [1.165, 1.54) is 5.56 Å². The molecule has 0 radical (unpaired) electrons. The van der Waals surface area contributed by atoms with Crippen LogP contribution in [0, 0.1) is 0 Å². The average molecular weight is 343 g/mol. The lowest BCUT2D eigenvalue weighted by Gasteiger charge is -2.21. The van der Waals surface area contributed by atoms with Gasteiger partial charge in [0.15, 0.2) is 6.04 Å². The number of nitrogens with one attached hydrogen (secondary N) is 2. The van der Waals surface area contributed by atoms with Crippen molar-refractivity contribution in [1.82, 2.24) is 5.32 Å². The number of ether oxygens (including phenoxy) is 2. The van der Waals surface area contributed by atoms with Crippen LogP contribution in [0.2, 0.25) is 0 Å². The van der Waals surface area contributed by atoms with Gasteiger partial charge in [-0.15, -0.1) is 0 Å². The molecule has 25 heavy (non-hydrogen) atoms. The molecule has 5 heteroatoms. The van der Waals surface area contributed by atoms with Crippen molar-refractivity contribution in [1.29, 1.82) is 0 Å². The molecule has 2 rings (SSSR count). The van der Waals surface area contributed by atoms with Crippen LogP contribution in [0.15, 0.2) is 48.5 Å². The van der Waals surface area contributed by atoms with E-state index in [0.717, 1.165) is 28.5 Å². The molecule has 0 saturated heterocycles. The summed E-state index contributed by atoms with van der Waals surface area (Å²) in [7, 11) is 5.32. The van der Waals surface area contributed by atoms with Crippen molar-refractivity contribution in [3.8, 4) is 11.5 Å². The molecule has 0 spiro atoms. The van der Waals surface area contributed by atoms with Gasteiger partial charge in [-0.25, -0.2) is 0 Å². The molecule has 0 aliphatic heterocycles. The average Bonchev–Trinajstić information content (AvgIpc) is 2.66. The predicted molar refractivity (Wildman–Crippen MR) is 97.9 cm³/mol. The van der Waals surface area contributed by atoms with Crippen LogP contribution in [-0.4, -0.2) is 33.2 Å². The molecule has 2 aromatic carbocycles. The zero-order valence-corrected chi connectivity index (χ0v) is 15.3. The molecule has 1 unspecified atom stereocenters. The van der Waals surface area contributed by atoms with Crippen LogP contribution in [0.3, 0.4) is 0 Å². The van der Waals surface area contributed by atoms with Gasteiger partial charge in [-0.05, 0) is 48.9 Å². The van der Waals surface area contributed by atoms with Crippen LogP contribution in [0.1, 0.15) is 18.1 Å². The zero-order valence-electron chi connectivity index (χ0n) is 15.3. The molecular weight excluding hydrogens is 316 g/mol. The van der Waals surface area contributed by atoms with Crippen LogP contribution in [-0.2, 0) is 17.9 Å². The molecule has 134 valence electrons. The summed E-state index contributed by atoms with van der Waals surface area (Å²) in [5, 5.41) is 3.00. The van der Waals surface area contributed by atoms with E-state index in [4.69, 9.17) is 9.47 Å². The van der Waals surface area contributed by atoms with E-state index in [-0.39, 0.29) is 11.9 Å². The van der Waals surface area contributed by atoms with E-state index in [0.29, 0.717) is 6.54 Å². The van der Waals surface area contributed by atoms with Crippen LogP contribution in [0.4, 0.5) is 0 Å². The Labute approximate surface area is 149 Å². The fourth-order valence-corrected chi connectivity index (χ4v) is 2.53. The SMILES string of the molecule is COc1ccc(CNC(=O)[C@@H](C)[NH+](C)Cc2ccc(OC)cc2)cc1. The second-order valence-corrected chi connectivity index (χ2v) is 6.16. The molecule has 0 bridgehead atoms. The summed E-state index contributed by atoms with van der Waals surface area (Å²) in [6, 6.07) is 15.5. The van der Waals surface area contributed by atoms with Gasteiger partial charge in [-0.1, -0.05) is 12.1 Å². The number of amides is 1. The van der Waals surface area contributed by atoms with E-state index in [9.17, 15) is 4.79 Å². The third kappa shape index (κ3) is 5.50. The number of quaternary nitrogens is 1. The smallest absolute Gasteiger partial charge is 0.278 e. The highest BCUT2D eigenvalue weighted by atomic mass is 16.5.